The zero-order valence-electron chi connectivity index (χ0n) is 21.0. The molecule has 5 rings (SSSR count). The van der Waals surface area contributed by atoms with Crippen molar-refractivity contribution in [2.75, 3.05) is 33.1 Å². The van der Waals surface area contributed by atoms with Crippen LogP contribution in [0.4, 0.5) is 5.69 Å². The summed E-state index contributed by atoms with van der Waals surface area (Å²) < 4.78 is 1.34. The number of likely N-dealkylation sites (N-methyl/N-ethyl adjacent to an activating group) is 1. The molecule has 11 heteroatoms. The lowest BCUT2D eigenvalue weighted by molar-refractivity contribution is -0.145. The Morgan fingerprint density at radius 2 is 1.75 bits per heavy atom. The van der Waals surface area contributed by atoms with Gasteiger partial charge in [-0.15, -0.1) is 0 Å². The lowest BCUT2D eigenvalue weighted by atomic mass is 9.77. The molecule has 0 spiro atoms. The molecule has 1 fully saturated rings. The van der Waals surface area contributed by atoms with E-state index in [2.05, 4.69) is 15.6 Å². The van der Waals surface area contributed by atoms with E-state index >= 15 is 0 Å². The molecule has 0 saturated heterocycles. The molecule has 0 unspecified atom stereocenters. The average molecular weight is 497 g/mol. The maximum atomic E-state index is 13.2. The van der Waals surface area contributed by atoms with E-state index in [1.165, 1.54) is 23.6 Å². The van der Waals surface area contributed by atoms with E-state index in [9.17, 15) is 24.3 Å². The van der Waals surface area contributed by atoms with Crippen molar-refractivity contribution in [3.05, 3.63) is 51.7 Å². The maximum absolute atomic E-state index is 13.2. The second-order valence-corrected chi connectivity index (χ2v) is 9.97. The number of anilines is 1. The molecule has 3 aliphatic rings. The average Bonchev–Trinajstić information content (AvgIpc) is 3.10. The van der Waals surface area contributed by atoms with Crippen LogP contribution in [0.5, 0.6) is 5.75 Å². The van der Waals surface area contributed by atoms with Crippen molar-refractivity contribution in [2.45, 2.75) is 44.3 Å². The van der Waals surface area contributed by atoms with Gasteiger partial charge in [0.25, 0.3) is 11.5 Å². The van der Waals surface area contributed by atoms with Gasteiger partial charge < -0.3 is 25.5 Å². The van der Waals surface area contributed by atoms with E-state index in [4.69, 9.17) is 0 Å². The fourth-order valence-electron chi connectivity index (χ4n) is 4.91. The highest BCUT2D eigenvalue weighted by molar-refractivity contribution is 6.35. The summed E-state index contributed by atoms with van der Waals surface area (Å²) >= 11 is 0. The predicted octanol–water partition coefficient (Wildman–Crippen LogP) is 0.548. The molecule has 1 saturated carbocycles. The van der Waals surface area contributed by atoms with Crippen molar-refractivity contribution in [3.63, 3.8) is 0 Å². The van der Waals surface area contributed by atoms with Gasteiger partial charge in [-0.05, 0) is 49.3 Å². The molecule has 11 nitrogen and oxygen atoms in total. The highest BCUT2D eigenvalue weighted by Crippen LogP contribution is 2.42. The predicted molar refractivity (Wildman–Crippen MR) is 133 cm³/mol. The van der Waals surface area contributed by atoms with Crippen LogP contribution >= 0.6 is 0 Å². The van der Waals surface area contributed by atoms with Crippen LogP contribution in [-0.2, 0) is 28.2 Å². The first-order chi connectivity index (χ1) is 17.0. The zero-order chi connectivity index (χ0) is 26.2. The first kappa shape index (κ1) is 25.2. The topological polar surface area (TPSA) is 137 Å². The van der Waals surface area contributed by atoms with E-state index in [1.54, 1.807) is 0 Å². The quantitative estimate of drug-likeness (QED) is 0.514. The van der Waals surface area contributed by atoms with Crippen molar-refractivity contribution < 1.29 is 19.5 Å². The Morgan fingerprint density at radius 3 is 2.33 bits per heavy atom. The number of benzene rings is 1. The van der Waals surface area contributed by atoms with Gasteiger partial charge in [0.1, 0.15) is 5.82 Å². The van der Waals surface area contributed by atoms with Crippen molar-refractivity contribution in [2.24, 2.45) is 5.92 Å². The van der Waals surface area contributed by atoms with Crippen molar-refractivity contribution >= 4 is 23.4 Å². The van der Waals surface area contributed by atoms with Crippen molar-refractivity contribution in [1.29, 1.82) is 0 Å². The van der Waals surface area contributed by atoms with Gasteiger partial charge in [-0.1, -0.05) is 12.1 Å². The Balaban J connectivity index is 1.66. The molecule has 2 bridgehead atoms. The third kappa shape index (κ3) is 4.65. The molecule has 3 heterocycles. The number of aromatic hydroxyl groups is 1. The Hall–Kier alpha value is -3.89. The molecule has 192 valence electrons. The van der Waals surface area contributed by atoms with Crippen LogP contribution in [0.25, 0.3) is 0 Å². The number of carbonyl (C=O) groups is 3. The summed E-state index contributed by atoms with van der Waals surface area (Å²) in [6, 6.07) is 7.59. The molecule has 36 heavy (non-hydrogen) atoms. The molecular weight excluding hydrogens is 464 g/mol. The third-order valence-corrected chi connectivity index (χ3v) is 7.05. The molecule has 3 N–H and O–H groups in total. The van der Waals surface area contributed by atoms with Crippen molar-refractivity contribution in [1.82, 2.24) is 25.1 Å². The number of hydrogen-bond donors (Lipinski definition) is 3. The van der Waals surface area contributed by atoms with Crippen LogP contribution in [0, 0.1) is 5.92 Å². The summed E-state index contributed by atoms with van der Waals surface area (Å²) in [4.78, 5) is 58.7. The maximum Gasteiger partial charge on any atom is 0.311 e. The minimum absolute atomic E-state index is 0.171. The van der Waals surface area contributed by atoms with Gasteiger partial charge in [-0.2, -0.15) is 0 Å². The monoisotopic (exact) mass is 496 g/mol. The van der Waals surface area contributed by atoms with Crippen LogP contribution in [0.3, 0.4) is 0 Å². The number of carbonyl (C=O) groups excluding carboxylic acids is 3. The van der Waals surface area contributed by atoms with E-state index in [0.29, 0.717) is 32.2 Å². The fraction of sp³-hybridized carbons (Fsp3) is 0.480. The first-order valence-electron chi connectivity index (χ1n) is 11.9. The van der Waals surface area contributed by atoms with Gasteiger partial charge in [0.05, 0.1) is 5.54 Å². The van der Waals surface area contributed by atoms with Crippen molar-refractivity contribution in [3.8, 4) is 5.75 Å². The number of hydrogen-bond acceptors (Lipinski definition) is 7. The second-order valence-electron chi connectivity index (χ2n) is 9.97. The minimum Gasteiger partial charge on any atom is -0.501 e. The van der Waals surface area contributed by atoms with Crippen LogP contribution in [0.2, 0.25) is 0 Å². The summed E-state index contributed by atoms with van der Waals surface area (Å²) in [6.45, 7) is 0.501. The van der Waals surface area contributed by atoms with Crippen LogP contribution in [0.15, 0.2) is 29.1 Å². The SMILES string of the molecule is CN(C)C(=O)C(=O)NC12CCC(CC1)Cn1c2nc(C(=O)NCc2ccc(N(C)C)cc2)c(O)c1=O. The lowest BCUT2D eigenvalue weighted by Crippen LogP contribution is -2.53. The summed E-state index contributed by atoms with van der Waals surface area (Å²) in [5.41, 5.74) is -0.358. The summed E-state index contributed by atoms with van der Waals surface area (Å²) in [5, 5.41) is 16.1. The Morgan fingerprint density at radius 1 is 1.11 bits per heavy atom. The Bertz CT molecular complexity index is 1240. The molecule has 0 radical (unpaired) electrons. The highest BCUT2D eigenvalue weighted by Gasteiger charge is 2.46. The third-order valence-electron chi connectivity index (χ3n) is 7.05. The largest absolute Gasteiger partial charge is 0.501 e. The van der Waals surface area contributed by atoms with E-state index in [1.807, 2.05) is 43.3 Å². The highest BCUT2D eigenvalue weighted by atomic mass is 16.3. The van der Waals surface area contributed by atoms with Gasteiger partial charge in [0.15, 0.2) is 5.69 Å². The Labute approximate surface area is 209 Å². The number of amides is 3. The van der Waals surface area contributed by atoms with Gasteiger partial charge in [-0.3, -0.25) is 23.7 Å². The molecule has 0 atom stereocenters. The molecule has 1 aromatic heterocycles. The van der Waals surface area contributed by atoms with Crippen LogP contribution in [-0.4, -0.2) is 65.5 Å². The molecule has 2 aliphatic heterocycles. The molecule has 2 aromatic rings. The second kappa shape index (κ2) is 9.63. The Kier molecular flexibility index (Phi) is 6.75. The molecule has 3 amide bonds. The minimum atomic E-state index is -1.08. The molecular formula is C25H32N6O5. The number of rotatable bonds is 5. The van der Waals surface area contributed by atoms with Gasteiger partial charge in [-0.25, -0.2) is 4.98 Å². The lowest BCUT2D eigenvalue weighted by Gasteiger charge is -2.37. The fourth-order valence-corrected chi connectivity index (χ4v) is 4.91. The zero-order valence-corrected chi connectivity index (χ0v) is 21.0. The molecule has 1 aromatic carbocycles. The normalized spacial score (nSPS) is 20.2. The van der Waals surface area contributed by atoms with E-state index in [-0.39, 0.29) is 18.3 Å². The smallest absolute Gasteiger partial charge is 0.311 e. The summed E-state index contributed by atoms with van der Waals surface area (Å²) in [5.74, 6) is -2.58. The number of fused-ring (bicyclic) bond motifs is 2. The van der Waals surface area contributed by atoms with Gasteiger partial charge in [0, 0.05) is 47.0 Å². The van der Waals surface area contributed by atoms with Crippen LogP contribution < -0.4 is 21.1 Å². The van der Waals surface area contributed by atoms with Gasteiger partial charge in [0.2, 0.25) is 5.75 Å². The standard InChI is InChI=1S/C25H32N6O5/c1-29(2)17-7-5-15(6-8-17)13-26-20(33)18-19(32)22(35)31-14-16-9-11-25(12-10-16,24(31)27-18)28-21(34)23(36)30(3)4/h5-8,16,32H,9-14H2,1-4H3,(H,26,33)(H,28,34). The van der Waals surface area contributed by atoms with Crippen LogP contribution in [0.1, 0.15) is 47.6 Å². The molecule has 1 aliphatic carbocycles. The summed E-state index contributed by atoms with van der Waals surface area (Å²) in [6.07, 6.45) is 2.37. The number of nitrogens with one attached hydrogen (secondary N) is 2. The van der Waals surface area contributed by atoms with Gasteiger partial charge >= 0.3 is 11.8 Å². The first-order valence-corrected chi connectivity index (χ1v) is 11.9. The number of nitrogens with zero attached hydrogens (tertiary/aromatic N) is 4. The van der Waals surface area contributed by atoms with E-state index in [0.717, 1.165) is 11.3 Å². The number of aromatic nitrogens is 2. The summed E-state index contributed by atoms with van der Waals surface area (Å²) in [7, 11) is 6.82. The van der Waals surface area contributed by atoms with E-state index < -0.39 is 40.3 Å².